The summed E-state index contributed by atoms with van der Waals surface area (Å²) in [5, 5.41) is 0. The van der Waals surface area contributed by atoms with Gasteiger partial charge in [-0.1, -0.05) is 0 Å². The molecule has 1 saturated carbocycles. The molecule has 0 atom stereocenters. The highest BCUT2D eigenvalue weighted by atomic mass is 32.2. The van der Waals surface area contributed by atoms with E-state index in [1.165, 1.54) is 18.5 Å². The van der Waals surface area contributed by atoms with Gasteiger partial charge in [0.05, 0.1) is 0 Å². The Kier molecular flexibility index (Phi) is 2.28. The van der Waals surface area contributed by atoms with Crippen molar-refractivity contribution in [2.45, 2.75) is 31.1 Å². The lowest BCUT2D eigenvalue weighted by molar-refractivity contribution is 0.637. The number of hydrogen-bond acceptors (Lipinski definition) is 2. The summed E-state index contributed by atoms with van der Waals surface area (Å²) in [6.45, 7) is 3.17. The van der Waals surface area contributed by atoms with Crippen LogP contribution in [-0.2, 0) is 6.54 Å². The Balaban J connectivity index is 2.22. The molecule has 0 radical (unpaired) electrons. The number of hydrogen-bond donors (Lipinski definition) is 1. The van der Waals surface area contributed by atoms with Crippen LogP contribution in [0.1, 0.15) is 18.5 Å². The van der Waals surface area contributed by atoms with Crippen molar-refractivity contribution in [1.82, 2.24) is 9.55 Å². The molecule has 1 aromatic heterocycles. The predicted molar refractivity (Wildman–Crippen MR) is 59.8 cm³/mol. The molecule has 72 valence electrons. The van der Waals surface area contributed by atoms with E-state index in [0.29, 0.717) is 4.75 Å². The fraction of sp³-hybridized carbons (Fsp3) is 0.667. The van der Waals surface area contributed by atoms with Crippen LogP contribution >= 0.6 is 24.0 Å². The van der Waals surface area contributed by atoms with Crippen LogP contribution in [0.2, 0.25) is 0 Å². The number of aryl methyl sites for hydroxylation is 1. The summed E-state index contributed by atoms with van der Waals surface area (Å²) in [6.07, 6.45) is 6.85. The summed E-state index contributed by atoms with van der Waals surface area (Å²) in [5.41, 5.74) is 1.24. The van der Waals surface area contributed by atoms with Gasteiger partial charge in [0.2, 0.25) is 0 Å². The number of nitrogens with zero attached hydrogens (tertiary/aromatic N) is 1. The SMILES string of the molecule is CSC1(Cn2c(C)c[nH]c2=S)CC1. The standard InChI is InChI=1S/C9H14N2S2/c1-7-5-10-8(12)11(7)6-9(13-2)3-4-9/h5H,3-4,6H2,1-2H3,(H,10,12). The molecule has 2 rings (SSSR count). The molecule has 1 aromatic rings. The molecule has 1 heterocycles. The molecule has 0 aliphatic heterocycles. The van der Waals surface area contributed by atoms with Gasteiger partial charge in [-0.3, -0.25) is 0 Å². The van der Waals surface area contributed by atoms with Crippen molar-refractivity contribution in [2.24, 2.45) is 0 Å². The summed E-state index contributed by atoms with van der Waals surface area (Å²) >= 11 is 7.19. The molecule has 4 heteroatoms. The van der Waals surface area contributed by atoms with Crippen LogP contribution in [0.15, 0.2) is 6.20 Å². The van der Waals surface area contributed by atoms with Crippen LogP contribution in [0.5, 0.6) is 0 Å². The number of rotatable bonds is 3. The highest BCUT2D eigenvalue weighted by molar-refractivity contribution is 8.00. The Hall–Kier alpha value is -0.220. The zero-order chi connectivity index (χ0) is 9.47. The summed E-state index contributed by atoms with van der Waals surface area (Å²) in [4.78, 5) is 3.08. The molecule has 0 amide bonds. The van der Waals surface area contributed by atoms with E-state index < -0.39 is 0 Å². The summed E-state index contributed by atoms with van der Waals surface area (Å²) in [7, 11) is 0. The van der Waals surface area contributed by atoms with E-state index >= 15 is 0 Å². The molecule has 13 heavy (non-hydrogen) atoms. The van der Waals surface area contributed by atoms with Crippen LogP contribution in [-0.4, -0.2) is 20.6 Å². The number of aromatic amines is 1. The maximum Gasteiger partial charge on any atom is 0.177 e. The second-order valence-electron chi connectivity index (χ2n) is 3.71. The van der Waals surface area contributed by atoms with Gasteiger partial charge in [0, 0.05) is 23.2 Å². The molecule has 0 spiro atoms. The molecule has 1 fully saturated rings. The molecule has 1 aliphatic rings. The lowest BCUT2D eigenvalue weighted by Crippen LogP contribution is -2.14. The van der Waals surface area contributed by atoms with Crippen molar-refractivity contribution in [3.63, 3.8) is 0 Å². The maximum atomic E-state index is 5.21. The molecular weight excluding hydrogens is 200 g/mol. The van der Waals surface area contributed by atoms with Gasteiger partial charge in [-0.15, -0.1) is 0 Å². The van der Waals surface area contributed by atoms with Gasteiger partial charge in [0.1, 0.15) is 0 Å². The topological polar surface area (TPSA) is 20.7 Å². The number of imidazole rings is 1. The monoisotopic (exact) mass is 214 g/mol. The Labute approximate surface area is 87.7 Å². The van der Waals surface area contributed by atoms with Crippen molar-refractivity contribution >= 4 is 24.0 Å². The average Bonchev–Trinajstić information content (AvgIpc) is 2.84. The first kappa shape index (κ1) is 9.34. The van der Waals surface area contributed by atoms with Gasteiger partial charge < -0.3 is 9.55 Å². The lowest BCUT2D eigenvalue weighted by atomic mass is 10.4. The molecule has 0 aromatic carbocycles. The summed E-state index contributed by atoms with van der Waals surface area (Å²) in [5.74, 6) is 0. The second-order valence-corrected chi connectivity index (χ2v) is 5.37. The van der Waals surface area contributed by atoms with Crippen molar-refractivity contribution in [3.05, 3.63) is 16.7 Å². The quantitative estimate of drug-likeness (QED) is 0.781. The summed E-state index contributed by atoms with van der Waals surface area (Å²) < 4.78 is 3.56. The predicted octanol–water partition coefficient (Wildman–Crippen LogP) is 2.75. The molecule has 1 N–H and O–H groups in total. The zero-order valence-electron chi connectivity index (χ0n) is 7.96. The molecule has 0 unspecified atom stereocenters. The molecular formula is C9H14N2S2. The van der Waals surface area contributed by atoms with E-state index in [-0.39, 0.29) is 0 Å². The van der Waals surface area contributed by atoms with E-state index in [0.717, 1.165) is 11.3 Å². The third-order valence-electron chi connectivity index (χ3n) is 2.76. The second kappa shape index (κ2) is 3.17. The van der Waals surface area contributed by atoms with Crippen molar-refractivity contribution in [1.29, 1.82) is 0 Å². The number of thioether (sulfide) groups is 1. The molecule has 2 nitrogen and oxygen atoms in total. The highest BCUT2D eigenvalue weighted by Gasteiger charge is 2.42. The highest BCUT2D eigenvalue weighted by Crippen LogP contribution is 2.48. The van der Waals surface area contributed by atoms with Gasteiger partial charge in [0.15, 0.2) is 4.77 Å². The Morgan fingerprint density at radius 3 is 2.77 bits per heavy atom. The average molecular weight is 214 g/mol. The first-order chi connectivity index (χ1) is 6.17. The van der Waals surface area contributed by atoms with E-state index in [4.69, 9.17) is 12.2 Å². The van der Waals surface area contributed by atoms with E-state index in [1.807, 2.05) is 18.0 Å². The minimum absolute atomic E-state index is 0.491. The van der Waals surface area contributed by atoms with Crippen molar-refractivity contribution in [3.8, 4) is 0 Å². The first-order valence-corrected chi connectivity index (χ1v) is 6.10. The van der Waals surface area contributed by atoms with Crippen LogP contribution < -0.4 is 0 Å². The first-order valence-electron chi connectivity index (χ1n) is 4.47. The van der Waals surface area contributed by atoms with E-state index in [1.54, 1.807) is 0 Å². The van der Waals surface area contributed by atoms with Crippen LogP contribution in [0, 0.1) is 11.7 Å². The zero-order valence-corrected chi connectivity index (χ0v) is 9.60. The van der Waals surface area contributed by atoms with E-state index in [2.05, 4.69) is 22.7 Å². The van der Waals surface area contributed by atoms with E-state index in [9.17, 15) is 0 Å². The number of aromatic nitrogens is 2. The number of H-pyrrole nitrogens is 1. The normalized spacial score (nSPS) is 18.9. The summed E-state index contributed by atoms with van der Waals surface area (Å²) in [6, 6.07) is 0. The molecule has 1 aliphatic carbocycles. The van der Waals surface area contributed by atoms with Gasteiger partial charge >= 0.3 is 0 Å². The smallest absolute Gasteiger partial charge is 0.177 e. The largest absolute Gasteiger partial charge is 0.337 e. The third-order valence-corrected chi connectivity index (χ3v) is 4.50. The Morgan fingerprint density at radius 2 is 2.38 bits per heavy atom. The van der Waals surface area contributed by atoms with Gasteiger partial charge in [-0.05, 0) is 38.2 Å². The third kappa shape index (κ3) is 1.70. The van der Waals surface area contributed by atoms with Crippen LogP contribution in [0.3, 0.4) is 0 Å². The van der Waals surface area contributed by atoms with Gasteiger partial charge in [0.25, 0.3) is 0 Å². The van der Waals surface area contributed by atoms with Crippen LogP contribution in [0.25, 0.3) is 0 Å². The minimum Gasteiger partial charge on any atom is -0.337 e. The lowest BCUT2D eigenvalue weighted by Gasteiger charge is -2.13. The Bertz CT molecular complexity index is 360. The maximum absolute atomic E-state index is 5.21. The fourth-order valence-electron chi connectivity index (χ4n) is 1.53. The minimum atomic E-state index is 0.491. The van der Waals surface area contributed by atoms with Gasteiger partial charge in [-0.2, -0.15) is 11.8 Å². The van der Waals surface area contributed by atoms with Crippen molar-refractivity contribution in [2.75, 3.05) is 6.26 Å². The van der Waals surface area contributed by atoms with Crippen molar-refractivity contribution < 1.29 is 0 Å². The molecule has 0 bridgehead atoms. The number of nitrogens with one attached hydrogen (secondary N) is 1. The Morgan fingerprint density at radius 1 is 1.69 bits per heavy atom. The molecule has 0 saturated heterocycles. The van der Waals surface area contributed by atoms with Gasteiger partial charge in [-0.25, -0.2) is 0 Å². The van der Waals surface area contributed by atoms with Crippen LogP contribution in [0.4, 0.5) is 0 Å². The fourth-order valence-corrected chi connectivity index (χ4v) is 2.57.